The van der Waals surface area contributed by atoms with Gasteiger partial charge < -0.3 is 0 Å². The van der Waals surface area contributed by atoms with E-state index in [1.54, 1.807) is 0 Å². The lowest BCUT2D eigenvalue weighted by Gasteiger charge is -1.97. The van der Waals surface area contributed by atoms with Crippen molar-refractivity contribution in [1.82, 2.24) is 20.2 Å². The minimum atomic E-state index is 0.897. The van der Waals surface area contributed by atoms with Crippen molar-refractivity contribution in [3.63, 3.8) is 0 Å². The lowest BCUT2D eigenvalue weighted by molar-refractivity contribution is 0.541. The molecule has 0 saturated heterocycles. The molecule has 0 aliphatic carbocycles. The predicted octanol–water partition coefficient (Wildman–Crippen LogP) is 1.81. The molecule has 0 atom stereocenters. The van der Waals surface area contributed by atoms with Crippen LogP contribution in [-0.2, 0) is 6.54 Å². The summed E-state index contributed by atoms with van der Waals surface area (Å²) in [6.07, 6.45) is 2.32. The van der Waals surface area contributed by atoms with Crippen LogP contribution in [0.4, 0.5) is 0 Å². The first-order valence-electron chi connectivity index (χ1n) is 4.57. The summed E-state index contributed by atoms with van der Waals surface area (Å²) in [5.41, 5.74) is 0. The number of unbranched alkanes of at least 4 members (excludes halogenated alkanes) is 1. The van der Waals surface area contributed by atoms with Gasteiger partial charge in [0.2, 0.25) is 0 Å². The third-order valence-corrected chi connectivity index (χ3v) is 1.43. The van der Waals surface area contributed by atoms with Gasteiger partial charge in [-0.05, 0) is 23.8 Å². The van der Waals surface area contributed by atoms with Crippen LogP contribution in [0.2, 0.25) is 0 Å². The van der Waals surface area contributed by atoms with Crippen LogP contribution in [0.15, 0.2) is 0 Å². The van der Waals surface area contributed by atoms with Crippen LogP contribution >= 0.6 is 0 Å². The summed E-state index contributed by atoms with van der Waals surface area (Å²) >= 11 is 0. The summed E-state index contributed by atoms with van der Waals surface area (Å²) in [6, 6.07) is 0. The lowest BCUT2D eigenvalue weighted by atomic mass is 10.3. The van der Waals surface area contributed by atoms with Crippen LogP contribution in [0, 0.1) is 6.92 Å². The van der Waals surface area contributed by atoms with E-state index in [1.165, 1.54) is 6.42 Å². The first-order chi connectivity index (χ1) is 5.84. The normalized spacial score (nSPS) is 9.00. The number of nitrogens with zero attached hydrogens (tertiary/aromatic N) is 4. The zero-order chi connectivity index (χ0) is 9.40. The van der Waals surface area contributed by atoms with Crippen molar-refractivity contribution < 1.29 is 0 Å². The van der Waals surface area contributed by atoms with Gasteiger partial charge in [0.05, 0.1) is 0 Å². The molecule has 4 heteroatoms. The van der Waals surface area contributed by atoms with Crippen molar-refractivity contribution in [2.45, 2.75) is 47.1 Å². The van der Waals surface area contributed by atoms with Crippen LogP contribution in [0.5, 0.6) is 0 Å². The van der Waals surface area contributed by atoms with Crippen LogP contribution in [0.1, 0.15) is 39.4 Å². The summed E-state index contributed by atoms with van der Waals surface area (Å²) in [6.45, 7) is 9.00. The Morgan fingerprint density at radius 2 is 2.00 bits per heavy atom. The highest BCUT2D eigenvalue weighted by atomic mass is 15.5. The fourth-order valence-electron chi connectivity index (χ4n) is 0.764. The van der Waals surface area contributed by atoms with E-state index in [0.29, 0.717) is 0 Å². The molecule has 0 aliphatic heterocycles. The summed E-state index contributed by atoms with van der Waals surface area (Å²) in [4.78, 5) is 0. The topological polar surface area (TPSA) is 43.6 Å². The first kappa shape index (κ1) is 11.1. The molecule has 0 aromatic carbocycles. The van der Waals surface area contributed by atoms with Crippen molar-refractivity contribution in [1.29, 1.82) is 0 Å². The Morgan fingerprint density at radius 1 is 1.33 bits per heavy atom. The van der Waals surface area contributed by atoms with E-state index in [9.17, 15) is 0 Å². The van der Waals surface area contributed by atoms with E-state index >= 15 is 0 Å². The maximum Gasteiger partial charge on any atom is 0.148 e. The minimum Gasteiger partial charge on any atom is -0.230 e. The molecule has 70 valence electrons. The molecule has 0 N–H and O–H groups in total. The summed E-state index contributed by atoms with van der Waals surface area (Å²) in [5, 5.41) is 11.1. The molecule has 0 saturated carbocycles. The average Bonchev–Trinajstić information content (AvgIpc) is 2.51. The largest absolute Gasteiger partial charge is 0.230 e. The molecule has 0 aliphatic rings. The molecule has 0 unspecified atom stereocenters. The number of hydrogen-bond acceptors (Lipinski definition) is 3. The molecule has 0 fully saturated rings. The van der Waals surface area contributed by atoms with Crippen molar-refractivity contribution in [3.05, 3.63) is 5.82 Å². The van der Waals surface area contributed by atoms with Gasteiger partial charge in [-0.25, -0.2) is 4.68 Å². The molecule has 1 rings (SSSR count). The molecule has 1 aromatic heterocycles. The van der Waals surface area contributed by atoms with Crippen LogP contribution in [-0.4, -0.2) is 20.2 Å². The molecule has 0 spiro atoms. The Kier molecular flexibility index (Phi) is 6.24. The quantitative estimate of drug-likeness (QED) is 0.694. The Balaban J connectivity index is 0.000000561. The van der Waals surface area contributed by atoms with Crippen LogP contribution in [0.25, 0.3) is 0 Å². The van der Waals surface area contributed by atoms with Crippen molar-refractivity contribution >= 4 is 0 Å². The Morgan fingerprint density at radius 3 is 2.42 bits per heavy atom. The van der Waals surface area contributed by atoms with Crippen LogP contribution < -0.4 is 0 Å². The second kappa shape index (κ2) is 6.76. The van der Waals surface area contributed by atoms with Crippen molar-refractivity contribution in [2.75, 3.05) is 0 Å². The molecule has 4 nitrogen and oxygen atoms in total. The molecular weight excluding hydrogens is 152 g/mol. The Bertz CT molecular complexity index is 195. The van der Waals surface area contributed by atoms with E-state index in [4.69, 9.17) is 0 Å². The second-order valence-electron chi connectivity index (χ2n) is 2.30. The molecule has 0 radical (unpaired) electrons. The van der Waals surface area contributed by atoms with Gasteiger partial charge in [0.15, 0.2) is 0 Å². The monoisotopic (exact) mass is 170 g/mol. The summed E-state index contributed by atoms with van der Waals surface area (Å²) < 4.78 is 1.82. The predicted molar refractivity (Wildman–Crippen MR) is 48.8 cm³/mol. The fraction of sp³-hybridized carbons (Fsp3) is 0.875. The molecular formula is C8H18N4. The highest BCUT2D eigenvalue weighted by Gasteiger charge is 1.96. The summed E-state index contributed by atoms with van der Waals surface area (Å²) in [7, 11) is 0. The van der Waals surface area contributed by atoms with Gasteiger partial charge in [-0.2, -0.15) is 0 Å². The van der Waals surface area contributed by atoms with E-state index in [2.05, 4.69) is 22.4 Å². The van der Waals surface area contributed by atoms with Gasteiger partial charge in [-0.3, -0.25) is 0 Å². The van der Waals surface area contributed by atoms with Gasteiger partial charge in [-0.15, -0.1) is 5.10 Å². The Labute approximate surface area is 74.0 Å². The van der Waals surface area contributed by atoms with Crippen LogP contribution in [0.3, 0.4) is 0 Å². The second-order valence-corrected chi connectivity index (χ2v) is 2.30. The highest BCUT2D eigenvalue weighted by Crippen LogP contribution is 1.93. The van der Waals surface area contributed by atoms with Crippen molar-refractivity contribution in [3.8, 4) is 0 Å². The molecule has 0 amide bonds. The van der Waals surface area contributed by atoms with E-state index in [1.807, 2.05) is 25.5 Å². The fourth-order valence-corrected chi connectivity index (χ4v) is 0.764. The van der Waals surface area contributed by atoms with Gasteiger partial charge in [0.1, 0.15) is 5.82 Å². The van der Waals surface area contributed by atoms with E-state index in [-0.39, 0.29) is 0 Å². The molecule has 1 aromatic rings. The van der Waals surface area contributed by atoms with Gasteiger partial charge in [0, 0.05) is 6.54 Å². The summed E-state index contributed by atoms with van der Waals surface area (Å²) in [5.74, 6) is 0.897. The van der Waals surface area contributed by atoms with Gasteiger partial charge in [0.25, 0.3) is 0 Å². The number of aromatic nitrogens is 4. The van der Waals surface area contributed by atoms with Crippen molar-refractivity contribution in [2.24, 2.45) is 0 Å². The van der Waals surface area contributed by atoms with E-state index < -0.39 is 0 Å². The smallest absolute Gasteiger partial charge is 0.148 e. The number of rotatable bonds is 3. The number of aryl methyl sites for hydroxylation is 2. The number of tetrazole rings is 1. The Hall–Kier alpha value is -0.930. The standard InChI is InChI=1S/C6H12N4.C2H6/c1-3-4-5-10-6(2)7-8-9-10;1-2/h3-5H2,1-2H3;1-2H3. The zero-order valence-electron chi connectivity index (χ0n) is 8.41. The zero-order valence-corrected chi connectivity index (χ0v) is 8.41. The maximum atomic E-state index is 3.81. The lowest BCUT2D eigenvalue weighted by Crippen LogP contribution is -2.02. The number of hydrogen-bond donors (Lipinski definition) is 0. The third-order valence-electron chi connectivity index (χ3n) is 1.43. The first-order valence-corrected chi connectivity index (χ1v) is 4.57. The maximum absolute atomic E-state index is 3.81. The SMILES string of the molecule is CC.CCCCn1nnnc1C. The third kappa shape index (κ3) is 3.46. The average molecular weight is 170 g/mol. The minimum absolute atomic E-state index is 0.897. The molecule has 1 heterocycles. The molecule has 0 bridgehead atoms. The molecule has 12 heavy (non-hydrogen) atoms. The highest BCUT2D eigenvalue weighted by molar-refractivity contribution is 4.72. The van der Waals surface area contributed by atoms with Gasteiger partial charge >= 0.3 is 0 Å². The van der Waals surface area contributed by atoms with Gasteiger partial charge in [-0.1, -0.05) is 27.2 Å². The van der Waals surface area contributed by atoms with E-state index in [0.717, 1.165) is 18.8 Å².